The SMILES string of the molecule is C#Cc1c(F)ccc2cccc(-c3ncc4c(N5CC6CCC(C5)N6C(=O)OC(C)(C)C)nc(OCC56CCCN5C(CO)CC6)nc4c3F)c12. The predicted molar refractivity (Wildman–Crippen MR) is 189 cm³/mol. The number of hydrogen-bond donors (Lipinski definition) is 1. The van der Waals surface area contributed by atoms with Gasteiger partial charge in [-0.2, -0.15) is 9.97 Å². The largest absolute Gasteiger partial charge is 0.461 e. The number of rotatable bonds is 6. The van der Waals surface area contributed by atoms with Gasteiger partial charge in [0.05, 0.1) is 35.2 Å². The quantitative estimate of drug-likeness (QED) is 0.241. The van der Waals surface area contributed by atoms with E-state index in [0.29, 0.717) is 47.2 Å². The van der Waals surface area contributed by atoms with Crippen molar-refractivity contribution in [3.63, 3.8) is 0 Å². The maximum atomic E-state index is 17.0. The van der Waals surface area contributed by atoms with E-state index >= 15 is 4.39 Å². The number of carbonyl (C=O) groups excluding carboxylic acids is 1. The molecule has 0 saturated carbocycles. The molecule has 4 aromatic rings. The number of terminal acetylenes is 1. The molecule has 4 unspecified atom stereocenters. The lowest BCUT2D eigenvalue weighted by molar-refractivity contribution is 0.0122. The van der Waals surface area contributed by atoms with Crippen molar-refractivity contribution in [2.24, 2.45) is 0 Å². The summed E-state index contributed by atoms with van der Waals surface area (Å²) in [7, 11) is 0. The molecule has 2 aromatic carbocycles. The number of anilines is 1. The highest BCUT2D eigenvalue weighted by atomic mass is 19.1. The number of piperazine rings is 1. The van der Waals surface area contributed by atoms with Crippen molar-refractivity contribution in [3.05, 3.63) is 53.7 Å². The van der Waals surface area contributed by atoms with Crippen molar-refractivity contribution in [3.8, 4) is 29.6 Å². The van der Waals surface area contributed by atoms with Gasteiger partial charge >= 0.3 is 12.1 Å². The first-order valence-electron chi connectivity index (χ1n) is 17.8. The molecule has 1 amide bonds. The Morgan fingerprint density at radius 2 is 1.88 bits per heavy atom. The zero-order valence-electron chi connectivity index (χ0n) is 29.2. The van der Waals surface area contributed by atoms with E-state index in [1.807, 2.05) is 25.7 Å². The second-order valence-corrected chi connectivity index (χ2v) is 15.3. The van der Waals surface area contributed by atoms with E-state index in [2.05, 4.69) is 25.7 Å². The summed E-state index contributed by atoms with van der Waals surface area (Å²) < 4.78 is 44.1. The number of fused-ring (bicyclic) bond motifs is 5. The first-order chi connectivity index (χ1) is 24.5. The van der Waals surface area contributed by atoms with Crippen LogP contribution in [-0.2, 0) is 4.74 Å². The highest BCUT2D eigenvalue weighted by Gasteiger charge is 2.50. The van der Waals surface area contributed by atoms with Crippen molar-refractivity contribution in [1.29, 1.82) is 0 Å². The van der Waals surface area contributed by atoms with Gasteiger partial charge in [0.25, 0.3) is 0 Å². The Bertz CT molecular complexity index is 2070. The number of halogens is 2. The van der Waals surface area contributed by atoms with Crippen LogP contribution >= 0.6 is 0 Å². The molecule has 0 aliphatic carbocycles. The minimum Gasteiger partial charge on any atom is -0.461 e. The third-order valence-corrected chi connectivity index (χ3v) is 11.1. The highest BCUT2D eigenvalue weighted by Crippen LogP contribution is 2.43. The van der Waals surface area contributed by atoms with E-state index in [9.17, 15) is 14.3 Å². The molecule has 0 radical (unpaired) electrons. The van der Waals surface area contributed by atoms with Gasteiger partial charge in [0.1, 0.15) is 35.1 Å². The number of aromatic nitrogens is 3. The van der Waals surface area contributed by atoms with E-state index < -0.39 is 17.2 Å². The normalized spacial score (nSPS) is 24.7. The second-order valence-electron chi connectivity index (χ2n) is 15.3. The average molecular weight is 697 g/mol. The van der Waals surface area contributed by atoms with Gasteiger partial charge in [0.15, 0.2) is 5.82 Å². The fraction of sp³-hybridized carbons (Fsp3) is 0.487. The first-order valence-corrected chi connectivity index (χ1v) is 17.8. The molecule has 8 rings (SSSR count). The minimum absolute atomic E-state index is 0.0113. The van der Waals surface area contributed by atoms with Gasteiger partial charge in [-0.3, -0.25) is 14.8 Å². The Morgan fingerprint density at radius 1 is 1.10 bits per heavy atom. The molecule has 266 valence electrons. The van der Waals surface area contributed by atoms with Gasteiger partial charge in [-0.05, 0) is 77.3 Å². The number of nitrogens with zero attached hydrogens (tertiary/aromatic N) is 6. The van der Waals surface area contributed by atoms with Crippen molar-refractivity contribution >= 4 is 33.6 Å². The number of aliphatic hydroxyl groups excluding tert-OH is 1. The van der Waals surface area contributed by atoms with Crippen LogP contribution in [-0.4, -0.2) is 98.1 Å². The first kappa shape index (κ1) is 33.5. The molecule has 12 heteroatoms. The van der Waals surface area contributed by atoms with Crippen LogP contribution in [0.5, 0.6) is 6.01 Å². The van der Waals surface area contributed by atoms with E-state index in [1.165, 1.54) is 6.07 Å². The molecule has 0 spiro atoms. The Morgan fingerprint density at radius 3 is 2.61 bits per heavy atom. The minimum atomic E-state index is -0.696. The number of aliphatic hydroxyl groups is 1. The van der Waals surface area contributed by atoms with Crippen LogP contribution in [0.1, 0.15) is 64.9 Å². The van der Waals surface area contributed by atoms with Gasteiger partial charge in [0, 0.05) is 36.3 Å². The zero-order valence-corrected chi connectivity index (χ0v) is 29.2. The van der Waals surface area contributed by atoms with Crippen LogP contribution in [0.25, 0.3) is 32.9 Å². The smallest absolute Gasteiger partial charge is 0.410 e. The lowest BCUT2D eigenvalue weighted by atomic mass is 9.95. The molecule has 4 aliphatic rings. The van der Waals surface area contributed by atoms with Crippen LogP contribution in [0.2, 0.25) is 0 Å². The van der Waals surface area contributed by atoms with Crippen molar-refractivity contribution in [1.82, 2.24) is 24.8 Å². The van der Waals surface area contributed by atoms with Gasteiger partial charge in [-0.15, -0.1) is 6.42 Å². The van der Waals surface area contributed by atoms with Crippen LogP contribution in [0.15, 0.2) is 36.5 Å². The zero-order chi connectivity index (χ0) is 35.7. The molecular formula is C39H42F2N6O4. The molecule has 6 heterocycles. The molecule has 2 bridgehead atoms. The fourth-order valence-corrected chi connectivity index (χ4v) is 8.90. The number of ether oxygens (including phenoxy) is 2. The van der Waals surface area contributed by atoms with Gasteiger partial charge < -0.3 is 19.5 Å². The van der Waals surface area contributed by atoms with Crippen LogP contribution in [0.3, 0.4) is 0 Å². The van der Waals surface area contributed by atoms with Crippen LogP contribution in [0.4, 0.5) is 19.4 Å². The van der Waals surface area contributed by atoms with E-state index in [-0.39, 0.29) is 59.1 Å². The Labute approximate surface area is 295 Å². The third kappa shape index (κ3) is 5.71. The number of pyridine rings is 1. The van der Waals surface area contributed by atoms with E-state index in [1.54, 1.807) is 30.5 Å². The summed E-state index contributed by atoms with van der Waals surface area (Å²) in [5, 5.41) is 11.5. The maximum absolute atomic E-state index is 17.0. The van der Waals surface area contributed by atoms with Crippen molar-refractivity contribution in [2.45, 2.75) is 88.6 Å². The summed E-state index contributed by atoms with van der Waals surface area (Å²) in [6.45, 7) is 7.79. The molecule has 51 heavy (non-hydrogen) atoms. The molecule has 4 aliphatic heterocycles. The molecular weight excluding hydrogens is 654 g/mol. The number of benzene rings is 2. The summed E-state index contributed by atoms with van der Waals surface area (Å²) >= 11 is 0. The third-order valence-electron chi connectivity index (χ3n) is 11.1. The van der Waals surface area contributed by atoms with Crippen molar-refractivity contribution < 1.29 is 28.2 Å². The summed E-state index contributed by atoms with van der Waals surface area (Å²) in [6, 6.07) is 8.06. The van der Waals surface area contributed by atoms with Crippen LogP contribution < -0.4 is 9.64 Å². The molecule has 1 N–H and O–H groups in total. The standard InChI is InChI=1S/C39H42F2N6O4/c1-5-27-30(40)13-10-23-8-6-9-28(31(23)27)33-32(41)34-29(18-42-33)35(45-19-24-11-12-25(20-45)47(24)37(49)51-38(2,3)4)44-36(43-34)50-22-39-15-7-17-46(39)26(21-48)14-16-39/h1,6,8-10,13,18,24-26,48H,7,11-12,14-17,19-22H2,2-4H3. The predicted octanol–water partition coefficient (Wildman–Crippen LogP) is 6.06. The van der Waals surface area contributed by atoms with Gasteiger partial charge in [-0.25, -0.2) is 13.6 Å². The van der Waals surface area contributed by atoms with Gasteiger partial charge in [0.2, 0.25) is 0 Å². The van der Waals surface area contributed by atoms with Crippen molar-refractivity contribution in [2.75, 3.05) is 37.7 Å². The Balaban J connectivity index is 1.21. The lowest BCUT2D eigenvalue weighted by Gasteiger charge is -2.42. The fourth-order valence-electron chi connectivity index (χ4n) is 8.90. The average Bonchev–Trinajstić information content (AvgIpc) is 3.76. The molecule has 4 fully saturated rings. The second kappa shape index (κ2) is 12.6. The highest BCUT2D eigenvalue weighted by molar-refractivity contribution is 6.02. The number of amides is 1. The summed E-state index contributed by atoms with van der Waals surface area (Å²) in [4.78, 5) is 33.6. The monoisotopic (exact) mass is 696 g/mol. The molecule has 4 atom stereocenters. The summed E-state index contributed by atoms with van der Waals surface area (Å²) in [6.07, 6.45) is 12.3. The maximum Gasteiger partial charge on any atom is 0.410 e. The summed E-state index contributed by atoms with van der Waals surface area (Å²) in [5.41, 5.74) is -0.461. The molecule has 10 nitrogen and oxygen atoms in total. The Hall–Kier alpha value is -4.60. The number of hydrogen-bond acceptors (Lipinski definition) is 9. The van der Waals surface area contributed by atoms with Crippen LogP contribution in [0, 0.1) is 24.0 Å². The van der Waals surface area contributed by atoms with Gasteiger partial charge in [-0.1, -0.05) is 30.2 Å². The lowest BCUT2D eigenvalue weighted by Crippen LogP contribution is -2.57. The summed E-state index contributed by atoms with van der Waals surface area (Å²) in [5.74, 6) is 1.64. The molecule has 4 saturated heterocycles. The van der Waals surface area contributed by atoms with E-state index in [0.717, 1.165) is 45.1 Å². The number of carbonyl (C=O) groups is 1. The molecule has 2 aromatic heterocycles. The van der Waals surface area contributed by atoms with E-state index in [4.69, 9.17) is 20.9 Å². The topological polar surface area (TPSA) is 104 Å². The Kier molecular flexibility index (Phi) is 8.26.